The molecule has 1 N–H and O–H groups in total. The van der Waals surface area contributed by atoms with Crippen LogP contribution >= 0.6 is 0 Å². The molecule has 1 aromatic rings. The molecule has 2 rings (SSSR count). The molecule has 1 saturated heterocycles. The number of benzene rings is 1. The molecule has 0 amide bonds. The second kappa shape index (κ2) is 5.95. The molecule has 1 aliphatic rings. The Morgan fingerprint density at radius 1 is 1.39 bits per heavy atom. The Bertz CT molecular complexity index is 380. The number of hydrogen-bond acceptors (Lipinski definition) is 3. The second-order valence-corrected chi connectivity index (χ2v) is 6.72. The molecule has 1 heterocycles. The average molecular weight is 267 g/mol. The Hall–Kier alpha value is -0.710. The van der Waals surface area contributed by atoms with Gasteiger partial charge < -0.3 is 9.66 Å². The molecule has 2 atom stereocenters. The molecule has 1 aromatic carbocycles. The molecule has 0 radical (unpaired) electrons. The van der Waals surface area contributed by atoms with Gasteiger partial charge in [-0.05, 0) is 36.5 Å². The summed E-state index contributed by atoms with van der Waals surface area (Å²) in [5.74, 6) is 1.47. The first-order valence-electron chi connectivity index (χ1n) is 6.52. The average Bonchev–Trinajstić information content (AvgIpc) is 2.78. The maximum Gasteiger partial charge on any atom is 0.128 e. The number of aromatic hydroxyl groups is 1. The van der Waals surface area contributed by atoms with Crippen molar-refractivity contribution >= 4 is 11.4 Å². The predicted octanol–water partition coefficient (Wildman–Crippen LogP) is 2.85. The molecular weight excluding hydrogens is 246 g/mol. The van der Waals surface area contributed by atoms with Crippen LogP contribution in [0.5, 0.6) is 5.75 Å². The third-order valence-electron chi connectivity index (χ3n) is 3.22. The molecule has 1 fully saturated rings. The summed E-state index contributed by atoms with van der Waals surface area (Å²) < 4.78 is 14.4. The Kier molecular flexibility index (Phi) is 4.54. The third kappa shape index (κ3) is 3.19. The van der Waals surface area contributed by atoms with Crippen LogP contribution < -0.4 is 0 Å². The summed E-state index contributed by atoms with van der Waals surface area (Å²) >= 11 is -0.891. The minimum absolute atomic E-state index is 0.241. The van der Waals surface area contributed by atoms with Gasteiger partial charge in [-0.3, -0.25) is 0 Å². The molecule has 1 unspecified atom stereocenters. The van der Waals surface area contributed by atoms with Gasteiger partial charge in [-0.15, -0.1) is 4.31 Å². The van der Waals surface area contributed by atoms with E-state index in [2.05, 4.69) is 18.2 Å². The molecule has 1 aliphatic heterocycles. The van der Waals surface area contributed by atoms with Gasteiger partial charge in [0.2, 0.25) is 0 Å². The maximum absolute atomic E-state index is 12.3. The highest BCUT2D eigenvalue weighted by Crippen LogP contribution is 2.35. The van der Waals surface area contributed by atoms with Crippen LogP contribution in [0.4, 0.5) is 0 Å². The van der Waals surface area contributed by atoms with E-state index in [9.17, 15) is 9.66 Å². The van der Waals surface area contributed by atoms with E-state index in [0.717, 1.165) is 30.7 Å². The normalized spacial score (nSPS) is 22.6. The van der Waals surface area contributed by atoms with Crippen LogP contribution in [0.25, 0.3) is 0 Å². The van der Waals surface area contributed by atoms with Gasteiger partial charge in [-0.2, -0.15) is 0 Å². The Morgan fingerprint density at radius 2 is 2.06 bits per heavy atom. The Morgan fingerprint density at radius 3 is 2.67 bits per heavy atom. The zero-order valence-corrected chi connectivity index (χ0v) is 11.8. The lowest BCUT2D eigenvalue weighted by Crippen LogP contribution is -2.34. The summed E-state index contributed by atoms with van der Waals surface area (Å²) in [5.41, 5.74) is 1.16. The van der Waals surface area contributed by atoms with Gasteiger partial charge >= 0.3 is 0 Å². The highest BCUT2D eigenvalue weighted by molar-refractivity contribution is 7.89. The summed E-state index contributed by atoms with van der Waals surface area (Å²) in [6.45, 7) is 5.11. The zero-order valence-electron chi connectivity index (χ0n) is 11.0. The fraction of sp³-hybridized carbons (Fsp3) is 0.571. The van der Waals surface area contributed by atoms with Crippen LogP contribution in [-0.2, 0) is 11.4 Å². The first-order valence-corrected chi connectivity index (χ1v) is 7.79. The number of hydrogen-bond donors (Lipinski definition) is 1. The Labute approximate surface area is 112 Å². The van der Waals surface area contributed by atoms with E-state index < -0.39 is 11.4 Å². The van der Waals surface area contributed by atoms with Crippen molar-refractivity contribution < 1.29 is 9.66 Å². The minimum atomic E-state index is -0.891. The molecule has 100 valence electrons. The quantitative estimate of drug-likeness (QED) is 0.853. The fourth-order valence-electron chi connectivity index (χ4n) is 2.39. The summed E-state index contributed by atoms with van der Waals surface area (Å²) in [6.07, 6.45) is 2.14. The monoisotopic (exact) mass is 267 g/mol. The number of rotatable bonds is 4. The third-order valence-corrected chi connectivity index (χ3v) is 5.13. The number of nitrogens with zero attached hydrogens (tertiary/aromatic N) is 1. The molecule has 0 bridgehead atoms. The lowest BCUT2D eigenvalue weighted by molar-refractivity contribution is 0.392. The zero-order chi connectivity index (χ0) is 13.1. The topological polar surface area (TPSA) is 46.5 Å². The molecular formula is C14H21NO2S. The maximum atomic E-state index is 12.3. The lowest BCUT2D eigenvalue weighted by atomic mass is 10.1. The first-order chi connectivity index (χ1) is 8.58. The van der Waals surface area contributed by atoms with Crippen molar-refractivity contribution in [1.82, 2.24) is 4.31 Å². The fourth-order valence-corrected chi connectivity index (χ4v) is 4.00. The van der Waals surface area contributed by atoms with E-state index in [-0.39, 0.29) is 11.8 Å². The van der Waals surface area contributed by atoms with Gasteiger partial charge in [0, 0.05) is 17.9 Å². The lowest BCUT2D eigenvalue weighted by Gasteiger charge is -2.27. The minimum Gasteiger partial charge on any atom is -0.598 e. The van der Waals surface area contributed by atoms with Crippen molar-refractivity contribution in [2.24, 2.45) is 5.92 Å². The second-order valence-electron chi connectivity index (χ2n) is 5.27. The van der Waals surface area contributed by atoms with Gasteiger partial charge in [0.25, 0.3) is 0 Å². The van der Waals surface area contributed by atoms with Gasteiger partial charge in [0.1, 0.15) is 11.5 Å². The molecule has 0 saturated carbocycles. The summed E-state index contributed by atoms with van der Waals surface area (Å²) in [6, 6.07) is 7.52. The van der Waals surface area contributed by atoms with Gasteiger partial charge in [0.15, 0.2) is 0 Å². The standard InChI is InChI=1S/C14H21NO2S/c1-11(2)10-18(17)15-9-3-4-14(15)12-5-7-13(16)8-6-12/h5-8,11,14,16H,3-4,9-10H2,1-2H3/t14-,18?/m0/s1. The molecule has 18 heavy (non-hydrogen) atoms. The van der Waals surface area contributed by atoms with E-state index in [1.54, 1.807) is 12.1 Å². The van der Waals surface area contributed by atoms with Crippen molar-refractivity contribution in [1.29, 1.82) is 0 Å². The molecule has 4 heteroatoms. The van der Waals surface area contributed by atoms with Crippen molar-refractivity contribution in [3.63, 3.8) is 0 Å². The van der Waals surface area contributed by atoms with E-state index >= 15 is 0 Å². The van der Waals surface area contributed by atoms with Crippen molar-refractivity contribution in [3.05, 3.63) is 29.8 Å². The summed E-state index contributed by atoms with van der Waals surface area (Å²) in [4.78, 5) is 0. The number of phenols is 1. The van der Waals surface area contributed by atoms with E-state index in [0.29, 0.717) is 5.92 Å². The predicted molar refractivity (Wildman–Crippen MR) is 74.6 cm³/mol. The summed E-state index contributed by atoms with van der Waals surface area (Å²) in [5, 5.41) is 9.32. The van der Waals surface area contributed by atoms with Crippen molar-refractivity contribution in [2.75, 3.05) is 12.3 Å². The van der Waals surface area contributed by atoms with Crippen LogP contribution in [0.2, 0.25) is 0 Å². The van der Waals surface area contributed by atoms with Crippen LogP contribution in [0.15, 0.2) is 24.3 Å². The van der Waals surface area contributed by atoms with Gasteiger partial charge in [-0.1, -0.05) is 26.0 Å². The smallest absolute Gasteiger partial charge is 0.128 e. The van der Waals surface area contributed by atoms with E-state index in [4.69, 9.17) is 0 Å². The molecule has 3 nitrogen and oxygen atoms in total. The van der Waals surface area contributed by atoms with E-state index in [1.165, 1.54) is 0 Å². The number of phenolic OH excluding ortho intramolecular Hbond substituents is 1. The van der Waals surface area contributed by atoms with E-state index in [1.807, 2.05) is 12.1 Å². The van der Waals surface area contributed by atoms with Gasteiger partial charge in [0.05, 0.1) is 6.04 Å². The summed E-state index contributed by atoms with van der Waals surface area (Å²) in [7, 11) is 0. The molecule has 0 aliphatic carbocycles. The van der Waals surface area contributed by atoms with Crippen molar-refractivity contribution in [3.8, 4) is 5.75 Å². The molecule has 0 spiro atoms. The highest BCUT2D eigenvalue weighted by Gasteiger charge is 2.34. The van der Waals surface area contributed by atoms with Crippen LogP contribution in [0, 0.1) is 5.92 Å². The highest BCUT2D eigenvalue weighted by atomic mass is 32.2. The largest absolute Gasteiger partial charge is 0.598 e. The van der Waals surface area contributed by atoms with Crippen LogP contribution in [-0.4, -0.2) is 26.3 Å². The van der Waals surface area contributed by atoms with Crippen molar-refractivity contribution in [2.45, 2.75) is 32.7 Å². The Balaban J connectivity index is 2.09. The first kappa shape index (κ1) is 13.7. The SMILES string of the molecule is CC(C)C[S+]([O-])N1CCC[C@H]1c1ccc(O)cc1. The molecule has 0 aromatic heterocycles. The van der Waals surface area contributed by atoms with Crippen LogP contribution in [0.3, 0.4) is 0 Å². The van der Waals surface area contributed by atoms with Crippen LogP contribution in [0.1, 0.15) is 38.3 Å². The van der Waals surface area contributed by atoms with Gasteiger partial charge in [-0.25, -0.2) is 0 Å².